The van der Waals surface area contributed by atoms with Crippen LogP contribution in [0.1, 0.15) is 53.4 Å². The molecular weight excluding hydrogens is 236 g/mol. The van der Waals surface area contributed by atoms with Crippen LogP contribution in [0.2, 0.25) is 0 Å². The average molecular weight is 268 g/mol. The highest BCUT2D eigenvalue weighted by atomic mass is 16.1. The molecule has 1 saturated heterocycles. The molecule has 19 heavy (non-hydrogen) atoms. The lowest BCUT2D eigenvalue weighted by Gasteiger charge is -2.25. The van der Waals surface area contributed by atoms with Gasteiger partial charge in [0.1, 0.15) is 0 Å². The minimum Gasteiger partial charge on any atom is -0.356 e. The molecule has 1 aliphatic rings. The summed E-state index contributed by atoms with van der Waals surface area (Å²) in [7, 11) is 0. The zero-order valence-corrected chi connectivity index (χ0v) is 13.2. The normalized spacial score (nSPS) is 20.3. The maximum absolute atomic E-state index is 11.9. The van der Waals surface area contributed by atoms with Gasteiger partial charge in [0.05, 0.1) is 0 Å². The molecule has 0 bridgehead atoms. The van der Waals surface area contributed by atoms with Gasteiger partial charge in [-0.15, -0.1) is 0 Å². The van der Waals surface area contributed by atoms with E-state index in [0.29, 0.717) is 30.1 Å². The van der Waals surface area contributed by atoms with E-state index in [9.17, 15) is 4.79 Å². The van der Waals surface area contributed by atoms with Crippen LogP contribution in [0.4, 0.5) is 0 Å². The van der Waals surface area contributed by atoms with Gasteiger partial charge in [-0.05, 0) is 56.0 Å². The van der Waals surface area contributed by atoms with E-state index in [0.717, 1.165) is 26.1 Å². The van der Waals surface area contributed by atoms with E-state index in [4.69, 9.17) is 0 Å². The molecule has 1 aliphatic heterocycles. The van der Waals surface area contributed by atoms with E-state index < -0.39 is 0 Å². The molecule has 1 fully saturated rings. The van der Waals surface area contributed by atoms with Crippen LogP contribution in [0.15, 0.2) is 0 Å². The Morgan fingerprint density at radius 3 is 2.47 bits per heavy atom. The summed E-state index contributed by atoms with van der Waals surface area (Å²) in [6.07, 6.45) is 4.26. The predicted molar refractivity (Wildman–Crippen MR) is 81.0 cm³/mol. The maximum atomic E-state index is 11.9. The second kappa shape index (κ2) is 8.57. The summed E-state index contributed by atoms with van der Waals surface area (Å²) in [5.41, 5.74) is 0. The van der Waals surface area contributed by atoms with Gasteiger partial charge in [0, 0.05) is 13.0 Å². The third-order valence-corrected chi connectivity index (χ3v) is 4.43. The molecular formula is C16H32N2O. The van der Waals surface area contributed by atoms with E-state index in [-0.39, 0.29) is 5.91 Å². The van der Waals surface area contributed by atoms with Crippen LogP contribution in [0.3, 0.4) is 0 Å². The van der Waals surface area contributed by atoms with Crippen molar-refractivity contribution >= 4 is 5.91 Å². The molecule has 2 N–H and O–H groups in total. The van der Waals surface area contributed by atoms with Gasteiger partial charge in [-0.2, -0.15) is 0 Å². The number of amides is 1. The standard InChI is InChI=1S/C16H32N2O/c1-12(2)15(13(3)4)11-18-16(19)8-7-14-6-5-9-17-10-14/h12-15,17H,5-11H2,1-4H3,(H,18,19). The minimum absolute atomic E-state index is 0.233. The Morgan fingerprint density at radius 1 is 1.26 bits per heavy atom. The maximum Gasteiger partial charge on any atom is 0.220 e. The average Bonchev–Trinajstić information content (AvgIpc) is 2.37. The van der Waals surface area contributed by atoms with Crippen LogP contribution in [-0.4, -0.2) is 25.5 Å². The number of nitrogens with one attached hydrogen (secondary N) is 2. The topological polar surface area (TPSA) is 41.1 Å². The van der Waals surface area contributed by atoms with Gasteiger partial charge in [0.15, 0.2) is 0 Å². The number of hydrogen-bond donors (Lipinski definition) is 2. The van der Waals surface area contributed by atoms with Crippen molar-refractivity contribution in [3.8, 4) is 0 Å². The van der Waals surface area contributed by atoms with Crippen LogP contribution >= 0.6 is 0 Å². The largest absolute Gasteiger partial charge is 0.356 e. The first-order chi connectivity index (χ1) is 9.00. The van der Waals surface area contributed by atoms with Crippen molar-refractivity contribution in [2.75, 3.05) is 19.6 Å². The Kier molecular flexibility index (Phi) is 7.44. The van der Waals surface area contributed by atoms with Gasteiger partial charge in [-0.3, -0.25) is 4.79 Å². The molecule has 1 atom stereocenters. The molecule has 1 heterocycles. The molecule has 0 spiro atoms. The molecule has 112 valence electrons. The molecule has 1 amide bonds. The number of hydrogen-bond acceptors (Lipinski definition) is 2. The lowest BCUT2D eigenvalue weighted by atomic mass is 9.85. The van der Waals surface area contributed by atoms with Gasteiger partial charge < -0.3 is 10.6 Å². The Balaban J connectivity index is 2.19. The molecule has 0 aromatic rings. The smallest absolute Gasteiger partial charge is 0.220 e. The van der Waals surface area contributed by atoms with E-state index >= 15 is 0 Å². The Labute approximate surface area is 118 Å². The van der Waals surface area contributed by atoms with E-state index in [2.05, 4.69) is 38.3 Å². The highest BCUT2D eigenvalue weighted by Crippen LogP contribution is 2.20. The van der Waals surface area contributed by atoms with Crippen LogP contribution in [0.25, 0.3) is 0 Å². The number of carbonyl (C=O) groups is 1. The lowest BCUT2D eigenvalue weighted by molar-refractivity contribution is -0.121. The second-order valence-corrected chi connectivity index (χ2v) is 6.71. The van der Waals surface area contributed by atoms with Crippen molar-refractivity contribution in [2.24, 2.45) is 23.7 Å². The van der Waals surface area contributed by atoms with E-state index in [1.807, 2.05) is 0 Å². The molecule has 1 rings (SSSR count). The van der Waals surface area contributed by atoms with Gasteiger partial charge in [-0.1, -0.05) is 27.7 Å². The summed E-state index contributed by atoms with van der Waals surface area (Å²) in [6.45, 7) is 12.0. The summed E-state index contributed by atoms with van der Waals surface area (Å²) in [5, 5.41) is 6.53. The second-order valence-electron chi connectivity index (χ2n) is 6.71. The van der Waals surface area contributed by atoms with Crippen molar-refractivity contribution in [1.29, 1.82) is 0 Å². The van der Waals surface area contributed by atoms with Crippen LogP contribution in [-0.2, 0) is 4.79 Å². The summed E-state index contributed by atoms with van der Waals surface area (Å²) < 4.78 is 0. The van der Waals surface area contributed by atoms with Gasteiger partial charge in [0.2, 0.25) is 5.91 Å². The van der Waals surface area contributed by atoms with Crippen molar-refractivity contribution in [1.82, 2.24) is 10.6 Å². The van der Waals surface area contributed by atoms with Crippen LogP contribution in [0.5, 0.6) is 0 Å². The molecule has 0 aromatic carbocycles. The zero-order valence-electron chi connectivity index (χ0n) is 13.2. The highest BCUT2D eigenvalue weighted by Gasteiger charge is 2.19. The Bertz CT molecular complexity index is 249. The number of rotatable bonds is 7. The lowest BCUT2D eigenvalue weighted by Crippen LogP contribution is -2.35. The first-order valence-electron chi connectivity index (χ1n) is 7.98. The summed E-state index contributed by atoms with van der Waals surface area (Å²) in [5.74, 6) is 2.77. The van der Waals surface area contributed by atoms with Gasteiger partial charge in [0.25, 0.3) is 0 Å². The van der Waals surface area contributed by atoms with Crippen molar-refractivity contribution in [3.05, 3.63) is 0 Å². The van der Waals surface area contributed by atoms with Gasteiger partial charge >= 0.3 is 0 Å². The fourth-order valence-electron chi connectivity index (χ4n) is 3.07. The van der Waals surface area contributed by atoms with E-state index in [1.54, 1.807) is 0 Å². The first-order valence-corrected chi connectivity index (χ1v) is 7.98. The molecule has 0 aliphatic carbocycles. The van der Waals surface area contributed by atoms with Crippen LogP contribution in [0, 0.1) is 23.7 Å². The van der Waals surface area contributed by atoms with Gasteiger partial charge in [-0.25, -0.2) is 0 Å². The van der Waals surface area contributed by atoms with Crippen molar-refractivity contribution < 1.29 is 4.79 Å². The van der Waals surface area contributed by atoms with Crippen molar-refractivity contribution in [3.63, 3.8) is 0 Å². The quantitative estimate of drug-likeness (QED) is 0.745. The monoisotopic (exact) mass is 268 g/mol. The fourth-order valence-corrected chi connectivity index (χ4v) is 3.07. The SMILES string of the molecule is CC(C)C(CNC(=O)CCC1CCCNC1)C(C)C. The molecule has 1 unspecified atom stereocenters. The fraction of sp³-hybridized carbons (Fsp3) is 0.938. The summed E-state index contributed by atoms with van der Waals surface area (Å²) in [4.78, 5) is 11.9. The van der Waals surface area contributed by atoms with E-state index in [1.165, 1.54) is 12.8 Å². The molecule has 0 aromatic heterocycles. The van der Waals surface area contributed by atoms with Crippen LogP contribution < -0.4 is 10.6 Å². The third-order valence-electron chi connectivity index (χ3n) is 4.43. The Hall–Kier alpha value is -0.570. The highest BCUT2D eigenvalue weighted by molar-refractivity contribution is 5.75. The number of carbonyl (C=O) groups excluding carboxylic acids is 1. The zero-order chi connectivity index (χ0) is 14.3. The Morgan fingerprint density at radius 2 is 1.95 bits per heavy atom. The summed E-state index contributed by atoms with van der Waals surface area (Å²) >= 11 is 0. The molecule has 0 saturated carbocycles. The van der Waals surface area contributed by atoms with Crippen molar-refractivity contribution in [2.45, 2.75) is 53.4 Å². The first kappa shape index (κ1) is 16.5. The number of piperidine rings is 1. The predicted octanol–water partition coefficient (Wildman–Crippen LogP) is 2.81. The minimum atomic E-state index is 0.233. The molecule has 0 radical (unpaired) electrons. The molecule has 3 heteroatoms. The summed E-state index contributed by atoms with van der Waals surface area (Å²) in [6, 6.07) is 0. The third kappa shape index (κ3) is 6.42. The molecule has 3 nitrogen and oxygen atoms in total.